The second-order valence-electron chi connectivity index (χ2n) is 4.28. The van der Waals surface area contributed by atoms with E-state index in [1.54, 1.807) is 48.7 Å². The number of nitrogens with one attached hydrogen (secondary N) is 1. The molecule has 0 fully saturated rings. The average Bonchev–Trinajstić information content (AvgIpc) is 2.47. The van der Waals surface area contributed by atoms with Crippen LogP contribution in [-0.4, -0.2) is 23.5 Å². The predicted molar refractivity (Wildman–Crippen MR) is 84.7 cm³/mol. The summed E-state index contributed by atoms with van der Waals surface area (Å²) in [6.45, 7) is 0. The Hall–Kier alpha value is -1.85. The molecule has 4 nitrogen and oxygen atoms in total. The van der Waals surface area contributed by atoms with E-state index in [2.05, 4.69) is 5.32 Å². The second kappa shape index (κ2) is 6.74. The zero-order valence-corrected chi connectivity index (χ0v) is 13.1. The Morgan fingerprint density at radius 2 is 1.86 bits per heavy atom. The lowest BCUT2D eigenvalue weighted by atomic mass is 10.2. The number of hydrogen-bond donors (Lipinski definition) is 1. The lowest BCUT2D eigenvalue weighted by molar-refractivity contribution is 0.102. The van der Waals surface area contributed by atoms with Crippen molar-refractivity contribution in [1.82, 2.24) is 0 Å². The molecule has 0 aromatic heterocycles. The van der Waals surface area contributed by atoms with E-state index < -0.39 is 10.8 Å². The van der Waals surface area contributed by atoms with E-state index in [1.165, 1.54) is 7.11 Å². The Labute approximate surface area is 130 Å². The van der Waals surface area contributed by atoms with Crippen LogP contribution in [0.1, 0.15) is 10.4 Å². The van der Waals surface area contributed by atoms with Crippen molar-refractivity contribution >= 4 is 34.0 Å². The monoisotopic (exact) mass is 323 g/mol. The topological polar surface area (TPSA) is 55.4 Å². The fourth-order valence-electron chi connectivity index (χ4n) is 1.75. The summed E-state index contributed by atoms with van der Waals surface area (Å²) in [7, 11) is 0.468. The Bertz CT molecular complexity index is 686. The summed E-state index contributed by atoms with van der Waals surface area (Å²) in [5, 5.41) is 3.17. The first-order valence-electron chi connectivity index (χ1n) is 6.09. The smallest absolute Gasteiger partial charge is 0.255 e. The summed E-state index contributed by atoms with van der Waals surface area (Å²) in [6.07, 6.45) is 1.59. The van der Waals surface area contributed by atoms with Crippen LogP contribution in [0.25, 0.3) is 0 Å². The first-order valence-corrected chi connectivity index (χ1v) is 8.03. The molecule has 21 heavy (non-hydrogen) atoms. The number of carbonyl (C=O) groups is 1. The van der Waals surface area contributed by atoms with Crippen molar-refractivity contribution in [3.63, 3.8) is 0 Å². The highest BCUT2D eigenvalue weighted by molar-refractivity contribution is 7.84. The molecule has 0 aliphatic rings. The zero-order chi connectivity index (χ0) is 15.4. The summed E-state index contributed by atoms with van der Waals surface area (Å²) in [6, 6.07) is 11.6. The number of carbonyl (C=O) groups excluding carboxylic acids is 1. The normalized spacial score (nSPS) is 11.8. The number of methoxy groups -OCH3 is 1. The van der Waals surface area contributed by atoms with Gasteiger partial charge >= 0.3 is 0 Å². The highest BCUT2D eigenvalue weighted by Gasteiger charge is 2.08. The van der Waals surface area contributed by atoms with Gasteiger partial charge in [0, 0.05) is 33.2 Å². The van der Waals surface area contributed by atoms with Crippen LogP contribution in [0, 0.1) is 0 Å². The van der Waals surface area contributed by atoms with Crippen molar-refractivity contribution < 1.29 is 13.7 Å². The Morgan fingerprint density at radius 1 is 1.19 bits per heavy atom. The number of rotatable bonds is 4. The first kappa shape index (κ1) is 15.5. The van der Waals surface area contributed by atoms with Gasteiger partial charge in [-0.3, -0.25) is 9.00 Å². The van der Waals surface area contributed by atoms with Gasteiger partial charge in [0.05, 0.1) is 12.1 Å². The number of halogens is 1. The van der Waals surface area contributed by atoms with Crippen LogP contribution < -0.4 is 10.1 Å². The van der Waals surface area contributed by atoms with E-state index in [0.29, 0.717) is 26.9 Å². The highest BCUT2D eigenvalue weighted by Crippen LogP contribution is 2.27. The summed E-state index contributed by atoms with van der Waals surface area (Å²) in [5.74, 6) is 0.286. The van der Waals surface area contributed by atoms with E-state index in [-0.39, 0.29) is 5.91 Å². The van der Waals surface area contributed by atoms with E-state index in [4.69, 9.17) is 16.3 Å². The quantitative estimate of drug-likeness (QED) is 0.939. The van der Waals surface area contributed by atoms with Gasteiger partial charge in [-0.15, -0.1) is 0 Å². The summed E-state index contributed by atoms with van der Waals surface area (Å²) in [4.78, 5) is 12.8. The molecule has 2 aromatic carbocycles. The molecule has 0 radical (unpaired) electrons. The van der Waals surface area contributed by atoms with Crippen LogP contribution in [0.3, 0.4) is 0 Å². The van der Waals surface area contributed by atoms with Gasteiger partial charge in [0.25, 0.3) is 5.91 Å². The molecule has 2 rings (SSSR count). The lowest BCUT2D eigenvalue weighted by Crippen LogP contribution is -2.11. The minimum absolute atomic E-state index is 0.260. The van der Waals surface area contributed by atoms with E-state index >= 15 is 0 Å². The number of ether oxygens (including phenoxy) is 1. The number of anilines is 1. The fraction of sp³-hybridized carbons (Fsp3) is 0.133. The highest BCUT2D eigenvalue weighted by atomic mass is 35.5. The molecule has 0 saturated heterocycles. The van der Waals surface area contributed by atoms with Gasteiger partial charge in [0.1, 0.15) is 5.75 Å². The lowest BCUT2D eigenvalue weighted by Gasteiger charge is -2.08. The molecule has 0 saturated carbocycles. The van der Waals surface area contributed by atoms with Crippen LogP contribution in [0.4, 0.5) is 5.69 Å². The fourth-order valence-corrected chi connectivity index (χ4v) is 2.52. The molecule has 2 aromatic rings. The molecular formula is C15H14ClNO3S. The van der Waals surface area contributed by atoms with Crippen molar-refractivity contribution in [2.75, 3.05) is 18.7 Å². The maximum Gasteiger partial charge on any atom is 0.255 e. The zero-order valence-electron chi connectivity index (χ0n) is 11.6. The predicted octanol–water partition coefficient (Wildman–Crippen LogP) is 3.34. The Morgan fingerprint density at radius 3 is 2.38 bits per heavy atom. The van der Waals surface area contributed by atoms with Crippen molar-refractivity contribution in [2.24, 2.45) is 0 Å². The standard InChI is InChI=1S/C15H14ClNO3S/c1-20-14-8-5-11(9-13(14)16)17-15(18)10-3-6-12(7-4-10)21(2)19/h3-9H,1-2H3,(H,17,18). The van der Waals surface area contributed by atoms with Crippen molar-refractivity contribution in [3.05, 3.63) is 53.1 Å². The Kier molecular flexibility index (Phi) is 4.98. The molecule has 1 amide bonds. The molecule has 0 bridgehead atoms. The molecule has 0 spiro atoms. The molecule has 0 heterocycles. The van der Waals surface area contributed by atoms with Crippen LogP contribution in [0.2, 0.25) is 5.02 Å². The van der Waals surface area contributed by atoms with Crippen LogP contribution in [-0.2, 0) is 10.8 Å². The first-order chi connectivity index (χ1) is 10.0. The number of benzene rings is 2. The molecule has 1 N–H and O–H groups in total. The van der Waals surface area contributed by atoms with Crippen molar-refractivity contribution in [3.8, 4) is 5.75 Å². The van der Waals surface area contributed by atoms with Gasteiger partial charge in [-0.1, -0.05) is 11.6 Å². The number of hydrogen-bond acceptors (Lipinski definition) is 3. The van der Waals surface area contributed by atoms with Gasteiger partial charge < -0.3 is 10.1 Å². The van der Waals surface area contributed by atoms with E-state index in [9.17, 15) is 9.00 Å². The molecular weight excluding hydrogens is 310 g/mol. The van der Waals surface area contributed by atoms with Crippen LogP contribution >= 0.6 is 11.6 Å². The third-order valence-corrected chi connectivity index (χ3v) is 4.09. The third-order valence-electron chi connectivity index (χ3n) is 2.86. The van der Waals surface area contributed by atoms with Gasteiger partial charge in [-0.05, 0) is 42.5 Å². The van der Waals surface area contributed by atoms with Gasteiger partial charge in [-0.2, -0.15) is 0 Å². The maximum atomic E-state index is 12.1. The molecule has 0 aliphatic carbocycles. The van der Waals surface area contributed by atoms with Crippen molar-refractivity contribution in [1.29, 1.82) is 0 Å². The van der Waals surface area contributed by atoms with Gasteiger partial charge in [-0.25, -0.2) is 0 Å². The summed E-state index contributed by atoms with van der Waals surface area (Å²) >= 11 is 6.00. The molecule has 110 valence electrons. The van der Waals surface area contributed by atoms with Crippen molar-refractivity contribution in [2.45, 2.75) is 4.90 Å². The minimum atomic E-state index is -1.06. The van der Waals surface area contributed by atoms with Crippen LogP contribution in [0.5, 0.6) is 5.75 Å². The largest absolute Gasteiger partial charge is 0.495 e. The second-order valence-corrected chi connectivity index (χ2v) is 6.07. The van der Waals surface area contributed by atoms with Gasteiger partial charge in [0.2, 0.25) is 0 Å². The summed E-state index contributed by atoms with van der Waals surface area (Å²) < 4.78 is 16.4. The molecule has 1 unspecified atom stereocenters. The van der Waals surface area contributed by atoms with E-state index in [0.717, 1.165) is 0 Å². The molecule has 6 heteroatoms. The molecule has 0 aliphatic heterocycles. The maximum absolute atomic E-state index is 12.1. The average molecular weight is 324 g/mol. The summed E-state index contributed by atoms with van der Waals surface area (Å²) in [5.41, 5.74) is 1.06. The van der Waals surface area contributed by atoms with Crippen LogP contribution in [0.15, 0.2) is 47.4 Å². The Balaban J connectivity index is 2.14. The van der Waals surface area contributed by atoms with Gasteiger partial charge in [0.15, 0.2) is 0 Å². The third kappa shape index (κ3) is 3.83. The molecule has 1 atom stereocenters. The minimum Gasteiger partial charge on any atom is -0.495 e. The number of amides is 1. The SMILES string of the molecule is COc1ccc(NC(=O)c2ccc(S(C)=O)cc2)cc1Cl. The van der Waals surface area contributed by atoms with E-state index in [1.807, 2.05) is 0 Å².